The van der Waals surface area contributed by atoms with Crippen LogP contribution in [0.4, 0.5) is 16.2 Å². The summed E-state index contributed by atoms with van der Waals surface area (Å²) in [4.78, 5) is 67.2. The Morgan fingerprint density at radius 1 is 0.933 bits per heavy atom. The summed E-state index contributed by atoms with van der Waals surface area (Å²) in [5.41, 5.74) is 1.46. The molecule has 240 valence electrons. The number of piperidine rings is 1. The van der Waals surface area contributed by atoms with Crippen molar-refractivity contribution in [2.45, 2.75) is 45.3 Å². The van der Waals surface area contributed by atoms with Crippen LogP contribution in [0.15, 0.2) is 42.5 Å². The minimum atomic E-state index is -1.01. The standard InChI is InChI=1S/C32H39N5O8/c1-32(2,3)45-31(42)36-16-14-35(15-17-36)21-7-9-22(10-8-21)44-20-19-43-18-13-33-24-6-4-5-23-27(24)30(41)37(29(23)40)25-11-12-26(38)34-28(25)39/h4-10,25,33H,11-20H2,1-3H3,(H,34,38,39). The van der Waals surface area contributed by atoms with Crippen LogP contribution in [-0.4, -0.2) is 104 Å². The van der Waals surface area contributed by atoms with E-state index in [1.54, 1.807) is 23.1 Å². The van der Waals surface area contributed by atoms with Gasteiger partial charge in [0.25, 0.3) is 11.8 Å². The highest BCUT2D eigenvalue weighted by Gasteiger charge is 2.45. The Hall–Kier alpha value is -4.65. The van der Waals surface area contributed by atoms with Gasteiger partial charge in [-0.15, -0.1) is 0 Å². The van der Waals surface area contributed by atoms with Crippen molar-refractivity contribution in [3.63, 3.8) is 0 Å². The normalized spacial score (nSPS) is 18.6. The van der Waals surface area contributed by atoms with Gasteiger partial charge in [0.2, 0.25) is 11.8 Å². The molecule has 2 N–H and O–H groups in total. The zero-order chi connectivity index (χ0) is 32.1. The predicted molar refractivity (Wildman–Crippen MR) is 164 cm³/mol. The number of piperazine rings is 1. The molecule has 1 atom stereocenters. The molecule has 2 saturated heterocycles. The van der Waals surface area contributed by atoms with E-state index in [4.69, 9.17) is 14.2 Å². The first kappa shape index (κ1) is 31.8. The highest BCUT2D eigenvalue weighted by atomic mass is 16.6. The van der Waals surface area contributed by atoms with E-state index in [0.717, 1.165) is 29.4 Å². The largest absolute Gasteiger partial charge is 0.491 e. The van der Waals surface area contributed by atoms with E-state index in [-0.39, 0.29) is 30.1 Å². The molecule has 2 aromatic rings. The van der Waals surface area contributed by atoms with Crippen LogP contribution in [0.3, 0.4) is 0 Å². The number of imide groups is 2. The molecule has 0 spiro atoms. The summed E-state index contributed by atoms with van der Waals surface area (Å²) in [6, 6.07) is 11.7. The summed E-state index contributed by atoms with van der Waals surface area (Å²) in [5, 5.41) is 5.35. The number of carbonyl (C=O) groups is 5. The molecule has 0 saturated carbocycles. The number of nitrogens with one attached hydrogen (secondary N) is 2. The van der Waals surface area contributed by atoms with Crippen LogP contribution in [0.5, 0.6) is 5.75 Å². The summed E-state index contributed by atoms with van der Waals surface area (Å²) in [7, 11) is 0. The van der Waals surface area contributed by atoms with Crippen molar-refractivity contribution in [2.75, 3.05) is 62.8 Å². The first-order valence-electron chi connectivity index (χ1n) is 15.1. The number of nitrogens with zero attached hydrogens (tertiary/aromatic N) is 3. The first-order chi connectivity index (χ1) is 21.5. The van der Waals surface area contributed by atoms with Crippen molar-refractivity contribution in [2.24, 2.45) is 0 Å². The quantitative estimate of drug-likeness (QED) is 0.300. The number of fused-ring (bicyclic) bond motifs is 1. The number of anilines is 2. The minimum absolute atomic E-state index is 0.0670. The van der Waals surface area contributed by atoms with Crippen LogP contribution >= 0.6 is 0 Å². The Balaban J connectivity index is 1.01. The number of rotatable bonds is 10. The Kier molecular flexibility index (Phi) is 9.57. The molecule has 13 nitrogen and oxygen atoms in total. The molecule has 3 aliphatic rings. The Labute approximate surface area is 261 Å². The van der Waals surface area contributed by atoms with E-state index in [2.05, 4.69) is 15.5 Å². The van der Waals surface area contributed by atoms with Gasteiger partial charge in [0.1, 0.15) is 24.0 Å². The van der Waals surface area contributed by atoms with Crippen LogP contribution in [0.1, 0.15) is 54.3 Å². The minimum Gasteiger partial charge on any atom is -0.491 e. The summed E-state index contributed by atoms with van der Waals surface area (Å²) in [6.07, 6.45) is -0.108. The fraction of sp³-hybridized carbons (Fsp3) is 0.469. The highest BCUT2D eigenvalue weighted by Crippen LogP contribution is 2.32. The fourth-order valence-corrected chi connectivity index (χ4v) is 5.47. The lowest BCUT2D eigenvalue weighted by Gasteiger charge is -2.36. The maximum Gasteiger partial charge on any atom is 0.410 e. The average Bonchev–Trinajstić information content (AvgIpc) is 3.26. The molecular formula is C32H39N5O8. The molecule has 5 amide bonds. The lowest BCUT2D eigenvalue weighted by Crippen LogP contribution is -2.54. The monoisotopic (exact) mass is 621 g/mol. The van der Waals surface area contributed by atoms with Crippen LogP contribution < -0.4 is 20.3 Å². The van der Waals surface area contributed by atoms with Gasteiger partial charge < -0.3 is 29.3 Å². The fourth-order valence-electron chi connectivity index (χ4n) is 5.47. The molecule has 13 heteroatoms. The second-order valence-electron chi connectivity index (χ2n) is 12.0. The lowest BCUT2D eigenvalue weighted by molar-refractivity contribution is -0.136. The zero-order valence-corrected chi connectivity index (χ0v) is 25.8. The summed E-state index contributed by atoms with van der Waals surface area (Å²) < 4.78 is 17.0. The molecule has 0 radical (unpaired) electrons. The third-order valence-corrected chi connectivity index (χ3v) is 7.66. The molecule has 45 heavy (non-hydrogen) atoms. The summed E-state index contributed by atoms with van der Waals surface area (Å²) in [6.45, 7) is 9.64. The molecule has 2 fully saturated rings. The van der Waals surface area contributed by atoms with Crippen molar-refractivity contribution in [3.05, 3.63) is 53.6 Å². The van der Waals surface area contributed by atoms with Crippen LogP contribution in [0.25, 0.3) is 0 Å². The number of carbonyl (C=O) groups excluding carboxylic acids is 5. The maximum atomic E-state index is 13.2. The number of hydrogen-bond acceptors (Lipinski definition) is 10. The molecule has 0 aromatic heterocycles. The Bertz CT molecular complexity index is 1450. The van der Waals surface area contributed by atoms with E-state index in [1.807, 2.05) is 45.0 Å². The Morgan fingerprint density at radius 2 is 1.67 bits per heavy atom. The number of ether oxygens (including phenoxy) is 3. The molecule has 5 rings (SSSR count). The number of amides is 5. The smallest absolute Gasteiger partial charge is 0.410 e. The van der Waals surface area contributed by atoms with Crippen molar-refractivity contribution in [1.82, 2.24) is 15.1 Å². The summed E-state index contributed by atoms with van der Waals surface area (Å²) >= 11 is 0. The molecule has 3 heterocycles. The van der Waals surface area contributed by atoms with Gasteiger partial charge in [0.15, 0.2) is 0 Å². The molecule has 3 aliphatic heterocycles. The van der Waals surface area contributed by atoms with Gasteiger partial charge in [-0.2, -0.15) is 0 Å². The van der Waals surface area contributed by atoms with E-state index >= 15 is 0 Å². The van der Waals surface area contributed by atoms with Crippen LogP contribution in [0.2, 0.25) is 0 Å². The van der Waals surface area contributed by atoms with Gasteiger partial charge in [-0.1, -0.05) is 6.07 Å². The molecule has 1 unspecified atom stereocenters. The Morgan fingerprint density at radius 3 is 2.36 bits per heavy atom. The van der Waals surface area contributed by atoms with Gasteiger partial charge in [0, 0.05) is 50.5 Å². The predicted octanol–water partition coefficient (Wildman–Crippen LogP) is 2.65. The van der Waals surface area contributed by atoms with Crippen LogP contribution in [0, 0.1) is 0 Å². The summed E-state index contributed by atoms with van der Waals surface area (Å²) in [5.74, 6) is -1.44. The molecule has 0 bridgehead atoms. The SMILES string of the molecule is CC(C)(C)OC(=O)N1CCN(c2ccc(OCCOCCNc3cccc4c3C(=O)N(C3CCC(=O)NC3=O)C4=O)cc2)CC1. The van der Waals surface area contributed by atoms with E-state index in [1.165, 1.54) is 0 Å². The first-order valence-corrected chi connectivity index (χ1v) is 15.1. The van der Waals surface area contributed by atoms with Crippen molar-refractivity contribution >= 4 is 41.1 Å². The van der Waals surface area contributed by atoms with E-state index in [9.17, 15) is 24.0 Å². The van der Waals surface area contributed by atoms with Gasteiger partial charge >= 0.3 is 6.09 Å². The van der Waals surface area contributed by atoms with Gasteiger partial charge in [0.05, 0.1) is 24.3 Å². The molecule has 2 aromatic carbocycles. The zero-order valence-electron chi connectivity index (χ0n) is 25.8. The molecule has 0 aliphatic carbocycles. The number of benzene rings is 2. The van der Waals surface area contributed by atoms with E-state index < -0.39 is 35.3 Å². The number of hydrogen-bond donors (Lipinski definition) is 2. The van der Waals surface area contributed by atoms with Gasteiger partial charge in [-0.3, -0.25) is 29.4 Å². The van der Waals surface area contributed by atoms with Gasteiger partial charge in [-0.05, 0) is 63.6 Å². The maximum absolute atomic E-state index is 13.2. The lowest BCUT2D eigenvalue weighted by atomic mass is 10.0. The third kappa shape index (κ3) is 7.54. The second-order valence-corrected chi connectivity index (χ2v) is 12.0. The third-order valence-electron chi connectivity index (χ3n) is 7.66. The molecular weight excluding hydrogens is 582 g/mol. The average molecular weight is 622 g/mol. The highest BCUT2D eigenvalue weighted by molar-refractivity contribution is 6.25. The van der Waals surface area contributed by atoms with Crippen LogP contribution in [-0.2, 0) is 19.1 Å². The van der Waals surface area contributed by atoms with Gasteiger partial charge in [-0.25, -0.2) is 4.79 Å². The van der Waals surface area contributed by atoms with Crippen molar-refractivity contribution in [3.8, 4) is 5.75 Å². The van der Waals surface area contributed by atoms with E-state index in [0.29, 0.717) is 45.1 Å². The second kappa shape index (κ2) is 13.6. The topological polar surface area (TPSA) is 147 Å². The van der Waals surface area contributed by atoms with Crippen molar-refractivity contribution in [1.29, 1.82) is 0 Å². The van der Waals surface area contributed by atoms with Crippen molar-refractivity contribution < 1.29 is 38.2 Å².